The Bertz CT molecular complexity index is 738. The van der Waals surface area contributed by atoms with Crippen LogP contribution in [0.5, 0.6) is 0 Å². The fourth-order valence-electron chi connectivity index (χ4n) is 2.23. The third-order valence-corrected chi connectivity index (χ3v) is 3.88. The van der Waals surface area contributed by atoms with Gasteiger partial charge in [-0.25, -0.2) is 0 Å². The lowest BCUT2D eigenvalue weighted by atomic mass is 10.2. The highest BCUT2D eigenvalue weighted by molar-refractivity contribution is 14.0. The first-order chi connectivity index (χ1) is 12.1. The molecule has 0 aliphatic rings. The molecule has 0 saturated heterocycles. The van der Waals surface area contributed by atoms with E-state index < -0.39 is 0 Å². The van der Waals surface area contributed by atoms with Gasteiger partial charge in [0.05, 0.1) is 10.7 Å². The van der Waals surface area contributed by atoms with Gasteiger partial charge in [-0.15, -0.1) is 24.0 Å². The molecule has 0 aliphatic heterocycles. The van der Waals surface area contributed by atoms with Crippen LogP contribution in [0, 0.1) is 6.92 Å². The van der Waals surface area contributed by atoms with Gasteiger partial charge in [0.15, 0.2) is 5.96 Å². The summed E-state index contributed by atoms with van der Waals surface area (Å²) in [5.41, 5.74) is 2.85. The van der Waals surface area contributed by atoms with Crippen LogP contribution in [0.25, 0.3) is 0 Å². The molecule has 0 saturated carbocycles. The number of carbonyl (C=O) groups excluding carboxylic acids is 1. The average molecular weight is 487 g/mol. The molecule has 5 nitrogen and oxygen atoms in total. The van der Waals surface area contributed by atoms with E-state index in [4.69, 9.17) is 11.6 Å². The van der Waals surface area contributed by atoms with Crippen LogP contribution in [0.2, 0.25) is 5.02 Å². The van der Waals surface area contributed by atoms with Crippen LogP contribution < -0.4 is 16.0 Å². The molecule has 0 heterocycles. The number of carbonyl (C=O) groups is 1. The summed E-state index contributed by atoms with van der Waals surface area (Å²) >= 11 is 6.12. The Labute approximate surface area is 176 Å². The standard InChI is InChI=1S/C19H23ClN4O.HI/c1-14-8-9-17(16(20)12-14)24-18(25)10-11-22-19(21-2)23-13-15-6-4-3-5-7-15;/h3-9,12H,10-11,13H2,1-2H3,(H,24,25)(H2,21,22,23);1H. The maximum atomic E-state index is 12.0. The Kier molecular flexibility index (Phi) is 10.0. The van der Waals surface area contributed by atoms with Crippen molar-refractivity contribution in [1.29, 1.82) is 0 Å². The Morgan fingerprint density at radius 1 is 1.12 bits per heavy atom. The number of nitrogens with zero attached hydrogens (tertiary/aromatic N) is 1. The summed E-state index contributed by atoms with van der Waals surface area (Å²) in [5.74, 6) is 0.557. The fraction of sp³-hybridized carbons (Fsp3) is 0.263. The van der Waals surface area contributed by atoms with Crippen molar-refractivity contribution in [3.8, 4) is 0 Å². The third-order valence-electron chi connectivity index (χ3n) is 3.57. The number of anilines is 1. The topological polar surface area (TPSA) is 65.5 Å². The van der Waals surface area contributed by atoms with Gasteiger partial charge in [-0.3, -0.25) is 9.79 Å². The number of guanidine groups is 1. The molecule has 3 N–H and O–H groups in total. The number of halogens is 2. The summed E-state index contributed by atoms with van der Waals surface area (Å²) in [7, 11) is 1.70. The van der Waals surface area contributed by atoms with Crippen LogP contribution in [-0.2, 0) is 11.3 Å². The Morgan fingerprint density at radius 2 is 1.85 bits per heavy atom. The predicted octanol–water partition coefficient (Wildman–Crippen LogP) is 3.96. The van der Waals surface area contributed by atoms with Gasteiger partial charge in [-0.2, -0.15) is 0 Å². The first-order valence-corrected chi connectivity index (χ1v) is 8.50. The number of hydrogen-bond acceptors (Lipinski definition) is 2. The molecule has 0 spiro atoms. The zero-order valence-corrected chi connectivity index (χ0v) is 18.0. The van der Waals surface area contributed by atoms with Crippen molar-refractivity contribution in [2.45, 2.75) is 19.9 Å². The highest BCUT2D eigenvalue weighted by Crippen LogP contribution is 2.22. The second-order valence-corrected chi connectivity index (χ2v) is 6.03. The van der Waals surface area contributed by atoms with Crippen molar-refractivity contribution in [1.82, 2.24) is 10.6 Å². The third kappa shape index (κ3) is 7.61. The van der Waals surface area contributed by atoms with Crippen LogP contribution in [0.15, 0.2) is 53.5 Å². The maximum Gasteiger partial charge on any atom is 0.226 e. The van der Waals surface area contributed by atoms with Gasteiger partial charge in [0.2, 0.25) is 5.91 Å². The molecular formula is C19H24ClIN4O. The van der Waals surface area contributed by atoms with Crippen molar-refractivity contribution in [2.75, 3.05) is 18.9 Å². The number of aryl methyl sites for hydroxylation is 1. The van der Waals surface area contributed by atoms with Gasteiger partial charge in [0, 0.05) is 26.6 Å². The summed E-state index contributed by atoms with van der Waals surface area (Å²) < 4.78 is 0. The zero-order valence-electron chi connectivity index (χ0n) is 14.9. The molecule has 26 heavy (non-hydrogen) atoms. The van der Waals surface area contributed by atoms with E-state index >= 15 is 0 Å². The molecule has 0 atom stereocenters. The van der Waals surface area contributed by atoms with E-state index in [1.54, 1.807) is 7.05 Å². The minimum atomic E-state index is -0.100. The van der Waals surface area contributed by atoms with Gasteiger partial charge >= 0.3 is 0 Å². The van der Waals surface area contributed by atoms with Gasteiger partial charge < -0.3 is 16.0 Å². The van der Waals surface area contributed by atoms with Crippen molar-refractivity contribution in [2.24, 2.45) is 4.99 Å². The van der Waals surface area contributed by atoms with E-state index in [1.807, 2.05) is 55.5 Å². The van der Waals surface area contributed by atoms with E-state index in [0.29, 0.717) is 36.2 Å². The van der Waals surface area contributed by atoms with Crippen LogP contribution in [-0.4, -0.2) is 25.5 Å². The molecule has 1 amide bonds. The number of hydrogen-bond donors (Lipinski definition) is 3. The molecule has 0 fully saturated rings. The van der Waals surface area contributed by atoms with Crippen molar-refractivity contribution >= 4 is 53.1 Å². The summed E-state index contributed by atoms with van der Waals surface area (Å²) in [6.07, 6.45) is 0.316. The minimum Gasteiger partial charge on any atom is -0.356 e. The number of nitrogens with one attached hydrogen (secondary N) is 3. The average Bonchev–Trinajstić information content (AvgIpc) is 2.61. The molecule has 0 bridgehead atoms. The molecule has 0 unspecified atom stereocenters. The number of aliphatic imine (C=N–C) groups is 1. The van der Waals surface area contributed by atoms with E-state index in [1.165, 1.54) is 0 Å². The summed E-state index contributed by atoms with van der Waals surface area (Å²) in [5, 5.41) is 9.69. The molecule has 7 heteroatoms. The van der Waals surface area contributed by atoms with Gasteiger partial charge in [-0.05, 0) is 30.2 Å². The van der Waals surface area contributed by atoms with Crippen LogP contribution in [0.4, 0.5) is 5.69 Å². The molecule has 0 radical (unpaired) electrons. The highest BCUT2D eigenvalue weighted by atomic mass is 127. The van der Waals surface area contributed by atoms with Gasteiger partial charge in [-0.1, -0.05) is 48.0 Å². The Hall–Kier alpha value is -1.80. The summed E-state index contributed by atoms with van der Waals surface area (Å²) in [4.78, 5) is 16.2. The first-order valence-electron chi connectivity index (χ1n) is 8.13. The van der Waals surface area contributed by atoms with Crippen molar-refractivity contribution < 1.29 is 4.79 Å². The molecule has 2 rings (SSSR count). The van der Waals surface area contributed by atoms with Crippen molar-refractivity contribution in [3.63, 3.8) is 0 Å². The highest BCUT2D eigenvalue weighted by Gasteiger charge is 2.06. The van der Waals surface area contributed by atoms with E-state index in [9.17, 15) is 4.79 Å². The Morgan fingerprint density at radius 3 is 2.50 bits per heavy atom. The maximum absolute atomic E-state index is 12.0. The number of rotatable bonds is 6. The fourth-order valence-corrected chi connectivity index (χ4v) is 2.51. The molecule has 0 aliphatic carbocycles. The van der Waals surface area contributed by atoms with Crippen LogP contribution in [0.3, 0.4) is 0 Å². The molecular weight excluding hydrogens is 463 g/mol. The second-order valence-electron chi connectivity index (χ2n) is 5.62. The van der Waals surface area contributed by atoms with Crippen LogP contribution in [0.1, 0.15) is 17.5 Å². The van der Waals surface area contributed by atoms with Crippen molar-refractivity contribution in [3.05, 3.63) is 64.7 Å². The Balaban J connectivity index is 0.00000338. The number of benzene rings is 2. The van der Waals surface area contributed by atoms with Crippen LogP contribution >= 0.6 is 35.6 Å². The van der Waals surface area contributed by atoms with E-state index in [-0.39, 0.29) is 29.9 Å². The monoisotopic (exact) mass is 486 g/mol. The lowest BCUT2D eigenvalue weighted by molar-refractivity contribution is -0.116. The SMILES string of the molecule is CN=C(NCCC(=O)Nc1ccc(C)cc1Cl)NCc1ccccc1.I. The summed E-state index contributed by atoms with van der Waals surface area (Å²) in [6.45, 7) is 3.10. The van der Waals surface area contributed by atoms with E-state index in [2.05, 4.69) is 20.9 Å². The molecule has 2 aromatic carbocycles. The second kappa shape index (κ2) is 11.7. The largest absolute Gasteiger partial charge is 0.356 e. The number of amides is 1. The van der Waals surface area contributed by atoms with E-state index in [0.717, 1.165) is 11.1 Å². The zero-order chi connectivity index (χ0) is 18.1. The lowest BCUT2D eigenvalue weighted by Gasteiger charge is -2.12. The molecule has 140 valence electrons. The first kappa shape index (κ1) is 22.2. The molecule has 0 aromatic heterocycles. The lowest BCUT2D eigenvalue weighted by Crippen LogP contribution is -2.38. The molecule has 2 aromatic rings. The smallest absolute Gasteiger partial charge is 0.226 e. The summed E-state index contributed by atoms with van der Waals surface area (Å²) in [6, 6.07) is 15.6. The normalized spacial score (nSPS) is 10.7. The quantitative estimate of drug-likeness (QED) is 0.329. The minimum absolute atomic E-state index is 0. The van der Waals surface area contributed by atoms with Gasteiger partial charge in [0.1, 0.15) is 0 Å². The predicted molar refractivity (Wildman–Crippen MR) is 119 cm³/mol. The van der Waals surface area contributed by atoms with Gasteiger partial charge in [0.25, 0.3) is 0 Å².